The van der Waals surface area contributed by atoms with Crippen molar-refractivity contribution in [2.75, 3.05) is 23.3 Å². The van der Waals surface area contributed by atoms with E-state index in [1.165, 1.54) is 5.69 Å². The highest BCUT2D eigenvalue weighted by Gasteiger charge is 2.19. The number of hydrogen-bond acceptors (Lipinski definition) is 4. The van der Waals surface area contributed by atoms with E-state index in [-0.39, 0.29) is 0 Å². The second-order valence-electron chi connectivity index (χ2n) is 4.69. The fourth-order valence-electron chi connectivity index (χ4n) is 2.01. The molecule has 3 N–H and O–H groups in total. The summed E-state index contributed by atoms with van der Waals surface area (Å²) in [7, 11) is 0. The van der Waals surface area contributed by atoms with E-state index in [0.717, 1.165) is 25.3 Å². The molecule has 1 atom stereocenters. The van der Waals surface area contributed by atoms with Gasteiger partial charge < -0.3 is 16.0 Å². The van der Waals surface area contributed by atoms with Crippen LogP contribution in [-0.2, 0) is 0 Å². The van der Waals surface area contributed by atoms with Gasteiger partial charge in [-0.15, -0.1) is 0 Å². The molecule has 0 bridgehead atoms. The monoisotopic (exact) mass is 220 g/mol. The molecule has 0 aromatic carbocycles. The summed E-state index contributed by atoms with van der Waals surface area (Å²) in [6.07, 6.45) is 2.93. The molecule has 1 aliphatic rings. The normalized spacial score (nSPS) is 20.5. The van der Waals surface area contributed by atoms with Gasteiger partial charge in [0.1, 0.15) is 5.82 Å². The first-order chi connectivity index (χ1) is 7.65. The average molecular weight is 220 g/mol. The Hall–Kier alpha value is -1.29. The minimum Gasteiger partial charge on any atom is -0.370 e. The van der Waals surface area contributed by atoms with E-state index in [4.69, 9.17) is 5.73 Å². The molecule has 1 unspecified atom stereocenters. The largest absolute Gasteiger partial charge is 0.370 e. The van der Waals surface area contributed by atoms with Crippen LogP contribution >= 0.6 is 0 Å². The summed E-state index contributed by atoms with van der Waals surface area (Å²) in [4.78, 5) is 6.62. The standard InChI is InChI=1S/C12H20N4/c1-9(2)15-12-7-11(3-5-14-12)16-6-4-10(13)8-16/h3,5,7,9-10H,4,6,8,13H2,1-2H3,(H,14,15). The molecule has 1 aromatic heterocycles. The van der Waals surface area contributed by atoms with Gasteiger partial charge in [0.15, 0.2) is 0 Å². The number of hydrogen-bond donors (Lipinski definition) is 2. The fourth-order valence-corrected chi connectivity index (χ4v) is 2.01. The topological polar surface area (TPSA) is 54.2 Å². The lowest BCUT2D eigenvalue weighted by Gasteiger charge is -2.19. The Morgan fingerprint density at radius 3 is 3.00 bits per heavy atom. The minimum absolute atomic E-state index is 0.315. The van der Waals surface area contributed by atoms with Crippen molar-refractivity contribution in [2.45, 2.75) is 32.4 Å². The van der Waals surface area contributed by atoms with Crippen molar-refractivity contribution in [3.63, 3.8) is 0 Å². The van der Waals surface area contributed by atoms with Gasteiger partial charge in [0.25, 0.3) is 0 Å². The van der Waals surface area contributed by atoms with Crippen molar-refractivity contribution in [1.82, 2.24) is 4.98 Å². The summed E-state index contributed by atoms with van der Waals surface area (Å²) in [5.74, 6) is 0.938. The highest BCUT2D eigenvalue weighted by atomic mass is 15.2. The third-order valence-corrected chi connectivity index (χ3v) is 2.77. The summed E-state index contributed by atoms with van der Waals surface area (Å²) in [5.41, 5.74) is 7.12. The van der Waals surface area contributed by atoms with Gasteiger partial charge in [-0.05, 0) is 26.3 Å². The van der Waals surface area contributed by atoms with Crippen LogP contribution in [0.15, 0.2) is 18.3 Å². The average Bonchev–Trinajstić information content (AvgIpc) is 2.64. The Bertz CT molecular complexity index is 351. The van der Waals surface area contributed by atoms with Crippen LogP contribution in [0, 0.1) is 0 Å². The van der Waals surface area contributed by atoms with Gasteiger partial charge >= 0.3 is 0 Å². The van der Waals surface area contributed by atoms with Crippen LogP contribution in [0.1, 0.15) is 20.3 Å². The van der Waals surface area contributed by atoms with E-state index in [1.54, 1.807) is 0 Å². The van der Waals surface area contributed by atoms with Gasteiger partial charge in [-0.1, -0.05) is 0 Å². The molecule has 2 rings (SSSR count). The molecule has 0 amide bonds. The molecule has 1 fully saturated rings. The van der Waals surface area contributed by atoms with Gasteiger partial charge in [-0.2, -0.15) is 0 Å². The second-order valence-corrected chi connectivity index (χ2v) is 4.69. The number of nitrogens with two attached hydrogens (primary N) is 1. The minimum atomic E-state index is 0.315. The molecule has 1 saturated heterocycles. The summed E-state index contributed by atoms with van der Waals surface area (Å²) in [6, 6.07) is 4.86. The predicted octanol–water partition coefficient (Wildman–Crippen LogP) is 1.44. The zero-order valence-corrected chi connectivity index (χ0v) is 9.98. The molecule has 0 aliphatic carbocycles. The second kappa shape index (κ2) is 4.70. The highest BCUT2D eigenvalue weighted by molar-refractivity contribution is 5.54. The Balaban J connectivity index is 2.09. The van der Waals surface area contributed by atoms with Crippen LogP contribution < -0.4 is 16.0 Å². The maximum Gasteiger partial charge on any atom is 0.128 e. The maximum atomic E-state index is 5.91. The molecule has 1 aromatic rings. The van der Waals surface area contributed by atoms with E-state index in [2.05, 4.69) is 35.1 Å². The zero-order valence-electron chi connectivity index (χ0n) is 9.98. The van der Waals surface area contributed by atoms with Crippen LogP contribution in [0.5, 0.6) is 0 Å². The Labute approximate surface area is 96.8 Å². The van der Waals surface area contributed by atoms with E-state index < -0.39 is 0 Å². The van der Waals surface area contributed by atoms with Gasteiger partial charge in [-0.25, -0.2) is 4.98 Å². The first kappa shape index (κ1) is 11.2. The SMILES string of the molecule is CC(C)Nc1cc(N2CCC(N)C2)ccn1. The molecule has 4 heteroatoms. The van der Waals surface area contributed by atoms with Gasteiger partial charge in [-0.3, -0.25) is 0 Å². The molecule has 1 aliphatic heterocycles. The number of pyridine rings is 1. The van der Waals surface area contributed by atoms with Crippen LogP contribution in [0.3, 0.4) is 0 Å². The number of rotatable bonds is 3. The number of nitrogens with zero attached hydrogens (tertiary/aromatic N) is 2. The van der Waals surface area contributed by atoms with Crippen LogP contribution in [-0.4, -0.2) is 30.2 Å². The lowest BCUT2D eigenvalue weighted by atomic mass is 10.3. The van der Waals surface area contributed by atoms with Crippen LogP contribution in [0.4, 0.5) is 11.5 Å². The molecular weight excluding hydrogens is 200 g/mol. The molecule has 0 saturated carbocycles. The van der Waals surface area contributed by atoms with Crippen LogP contribution in [0.2, 0.25) is 0 Å². The van der Waals surface area contributed by atoms with E-state index in [0.29, 0.717) is 12.1 Å². The molecule has 2 heterocycles. The third kappa shape index (κ3) is 2.64. The number of aromatic nitrogens is 1. The van der Waals surface area contributed by atoms with Gasteiger partial charge in [0, 0.05) is 43.1 Å². The smallest absolute Gasteiger partial charge is 0.128 e. The van der Waals surface area contributed by atoms with E-state index >= 15 is 0 Å². The van der Waals surface area contributed by atoms with E-state index in [1.807, 2.05) is 12.3 Å². The first-order valence-corrected chi connectivity index (χ1v) is 5.88. The maximum absolute atomic E-state index is 5.91. The van der Waals surface area contributed by atoms with Crippen molar-refractivity contribution in [2.24, 2.45) is 5.73 Å². The number of anilines is 2. The summed E-state index contributed by atoms with van der Waals surface area (Å²) in [6.45, 7) is 6.22. The number of nitrogens with one attached hydrogen (secondary N) is 1. The highest BCUT2D eigenvalue weighted by Crippen LogP contribution is 2.21. The van der Waals surface area contributed by atoms with Crippen molar-refractivity contribution >= 4 is 11.5 Å². The molecular formula is C12H20N4. The van der Waals surface area contributed by atoms with Gasteiger partial charge in [0.05, 0.1) is 0 Å². The molecule has 0 radical (unpaired) electrons. The molecule has 88 valence electrons. The Kier molecular flexibility index (Phi) is 3.29. The molecule has 16 heavy (non-hydrogen) atoms. The Morgan fingerprint density at radius 2 is 2.38 bits per heavy atom. The third-order valence-electron chi connectivity index (χ3n) is 2.77. The van der Waals surface area contributed by atoms with Crippen molar-refractivity contribution in [3.05, 3.63) is 18.3 Å². The quantitative estimate of drug-likeness (QED) is 0.809. The Morgan fingerprint density at radius 1 is 1.56 bits per heavy atom. The van der Waals surface area contributed by atoms with Crippen molar-refractivity contribution < 1.29 is 0 Å². The first-order valence-electron chi connectivity index (χ1n) is 5.88. The lowest BCUT2D eigenvalue weighted by molar-refractivity contribution is 0.752. The molecule has 4 nitrogen and oxygen atoms in total. The zero-order chi connectivity index (χ0) is 11.5. The van der Waals surface area contributed by atoms with Gasteiger partial charge in [0.2, 0.25) is 0 Å². The predicted molar refractivity (Wildman–Crippen MR) is 67.8 cm³/mol. The lowest BCUT2D eigenvalue weighted by Crippen LogP contribution is -2.26. The van der Waals surface area contributed by atoms with Crippen molar-refractivity contribution in [1.29, 1.82) is 0 Å². The fraction of sp³-hybridized carbons (Fsp3) is 0.583. The summed E-state index contributed by atoms with van der Waals surface area (Å²) >= 11 is 0. The van der Waals surface area contributed by atoms with Crippen molar-refractivity contribution in [3.8, 4) is 0 Å². The summed E-state index contributed by atoms with van der Waals surface area (Å²) < 4.78 is 0. The van der Waals surface area contributed by atoms with E-state index in [9.17, 15) is 0 Å². The summed E-state index contributed by atoms with van der Waals surface area (Å²) in [5, 5.41) is 3.31. The van der Waals surface area contributed by atoms with Crippen LogP contribution in [0.25, 0.3) is 0 Å². The molecule has 0 spiro atoms.